The summed E-state index contributed by atoms with van der Waals surface area (Å²) in [6, 6.07) is 5.91. The van der Waals surface area contributed by atoms with E-state index < -0.39 is 35.4 Å². The van der Waals surface area contributed by atoms with Gasteiger partial charge in [-0.2, -0.15) is 10.5 Å². The maximum Gasteiger partial charge on any atom is 0.153 e. The Hall–Kier alpha value is -3.23. The van der Waals surface area contributed by atoms with Crippen LogP contribution in [0, 0.1) is 45.9 Å². The van der Waals surface area contributed by atoms with E-state index in [4.69, 9.17) is 15.6 Å². The fourth-order valence-electron chi connectivity index (χ4n) is 1.53. The molecule has 2 aromatic carbocycles. The molecule has 0 atom stereocenters. The van der Waals surface area contributed by atoms with E-state index >= 15 is 0 Å². The predicted octanol–water partition coefficient (Wildman–Crippen LogP) is 2.98. The molecule has 0 aliphatic rings. The third-order valence-electron chi connectivity index (χ3n) is 2.76. The van der Waals surface area contributed by atoms with Crippen molar-refractivity contribution in [1.29, 1.82) is 10.5 Å². The average molecular weight is 336 g/mol. The lowest BCUT2D eigenvalue weighted by Gasteiger charge is -1.99. The number of nitriles is 2. The van der Waals surface area contributed by atoms with Crippen molar-refractivity contribution in [3.63, 3.8) is 0 Å². The highest BCUT2D eigenvalue weighted by molar-refractivity contribution is 5.75. The first-order chi connectivity index (χ1) is 11.4. The molecule has 0 spiro atoms. The van der Waals surface area contributed by atoms with Crippen LogP contribution in [0.15, 0.2) is 24.3 Å². The normalized spacial score (nSPS) is 9.29. The molecular weight excluding hydrogens is 328 g/mol. The summed E-state index contributed by atoms with van der Waals surface area (Å²) in [6.07, 6.45) is 0.194. The van der Waals surface area contributed by atoms with Gasteiger partial charge >= 0.3 is 0 Å². The topological polar surface area (TPSA) is 84.9 Å². The van der Waals surface area contributed by atoms with Crippen molar-refractivity contribution in [2.45, 2.75) is 6.61 Å². The van der Waals surface area contributed by atoms with Crippen molar-refractivity contribution >= 4 is 6.29 Å². The molecule has 0 radical (unpaired) electrons. The number of halogens is 4. The van der Waals surface area contributed by atoms with Crippen LogP contribution < -0.4 is 0 Å². The monoisotopic (exact) mass is 336 g/mol. The van der Waals surface area contributed by atoms with Crippen molar-refractivity contribution in [3.8, 4) is 12.1 Å². The Kier molecular flexibility index (Phi) is 6.60. The van der Waals surface area contributed by atoms with Crippen molar-refractivity contribution in [2.75, 3.05) is 0 Å². The molecule has 0 aromatic heterocycles. The van der Waals surface area contributed by atoms with Gasteiger partial charge in [0.05, 0.1) is 23.3 Å². The summed E-state index contributed by atoms with van der Waals surface area (Å²) in [5.41, 5.74) is -1.29. The Morgan fingerprint density at radius 1 is 0.875 bits per heavy atom. The SMILES string of the molecule is N#Cc1cc(F)c(C=O)cc1F.N#Cc1cc(F)c(CO)cc1F. The van der Waals surface area contributed by atoms with E-state index in [1.54, 1.807) is 0 Å². The molecule has 122 valence electrons. The molecule has 0 amide bonds. The highest BCUT2D eigenvalue weighted by atomic mass is 19.1. The second kappa shape index (κ2) is 8.42. The zero-order valence-corrected chi connectivity index (χ0v) is 11.9. The van der Waals surface area contributed by atoms with Gasteiger partial charge in [0.2, 0.25) is 0 Å². The molecule has 0 bridgehead atoms. The summed E-state index contributed by atoms with van der Waals surface area (Å²) in [5, 5.41) is 25.1. The van der Waals surface area contributed by atoms with Crippen molar-refractivity contribution in [2.24, 2.45) is 0 Å². The van der Waals surface area contributed by atoms with Gasteiger partial charge in [0, 0.05) is 5.56 Å². The minimum atomic E-state index is -0.888. The van der Waals surface area contributed by atoms with Crippen LogP contribution in [-0.4, -0.2) is 11.4 Å². The molecule has 2 rings (SSSR count). The Morgan fingerprint density at radius 3 is 1.83 bits per heavy atom. The van der Waals surface area contributed by atoms with E-state index in [1.807, 2.05) is 0 Å². The van der Waals surface area contributed by atoms with Gasteiger partial charge in [0.1, 0.15) is 35.4 Å². The second-order valence-corrected chi connectivity index (χ2v) is 4.28. The Bertz CT molecular complexity index is 854. The maximum atomic E-state index is 12.7. The molecule has 0 saturated carbocycles. The minimum absolute atomic E-state index is 0.147. The van der Waals surface area contributed by atoms with Crippen LogP contribution in [0.3, 0.4) is 0 Å². The lowest BCUT2D eigenvalue weighted by molar-refractivity contribution is 0.111. The molecule has 0 saturated heterocycles. The number of aldehydes is 1. The number of hydrogen-bond donors (Lipinski definition) is 1. The van der Waals surface area contributed by atoms with Gasteiger partial charge in [-0.25, -0.2) is 17.6 Å². The highest BCUT2D eigenvalue weighted by Gasteiger charge is 2.08. The van der Waals surface area contributed by atoms with E-state index in [2.05, 4.69) is 0 Å². The van der Waals surface area contributed by atoms with E-state index in [1.165, 1.54) is 12.1 Å². The van der Waals surface area contributed by atoms with Gasteiger partial charge in [0.25, 0.3) is 0 Å². The van der Waals surface area contributed by atoms with Crippen LogP contribution in [0.1, 0.15) is 27.0 Å². The fraction of sp³-hybridized carbons (Fsp3) is 0.0625. The van der Waals surface area contributed by atoms with Crippen LogP contribution in [-0.2, 0) is 6.61 Å². The second-order valence-electron chi connectivity index (χ2n) is 4.28. The fourth-order valence-corrected chi connectivity index (χ4v) is 1.53. The zero-order valence-electron chi connectivity index (χ0n) is 11.9. The molecule has 24 heavy (non-hydrogen) atoms. The number of aliphatic hydroxyl groups is 1. The predicted molar refractivity (Wildman–Crippen MR) is 73.5 cm³/mol. The largest absolute Gasteiger partial charge is 0.392 e. The van der Waals surface area contributed by atoms with Crippen LogP contribution in [0.2, 0.25) is 0 Å². The molecular formula is C16H8F4N2O2. The molecule has 2 aromatic rings. The molecule has 4 nitrogen and oxygen atoms in total. The Balaban J connectivity index is 0.000000240. The molecule has 0 heterocycles. The minimum Gasteiger partial charge on any atom is -0.392 e. The number of rotatable bonds is 2. The van der Waals surface area contributed by atoms with Crippen LogP contribution in [0.25, 0.3) is 0 Å². The summed E-state index contributed by atoms with van der Waals surface area (Å²) in [4.78, 5) is 10.1. The summed E-state index contributed by atoms with van der Waals surface area (Å²) in [6.45, 7) is -0.575. The van der Waals surface area contributed by atoms with Gasteiger partial charge in [-0.1, -0.05) is 0 Å². The number of carbonyl (C=O) groups is 1. The van der Waals surface area contributed by atoms with E-state index in [0.29, 0.717) is 12.1 Å². The van der Waals surface area contributed by atoms with Gasteiger partial charge in [0.15, 0.2) is 6.29 Å². The third kappa shape index (κ3) is 4.38. The molecule has 8 heteroatoms. The first-order valence-electron chi connectivity index (χ1n) is 6.21. The van der Waals surface area contributed by atoms with Gasteiger partial charge in [-0.3, -0.25) is 4.79 Å². The summed E-state index contributed by atoms with van der Waals surface area (Å²) in [5.74, 6) is -3.36. The summed E-state index contributed by atoms with van der Waals surface area (Å²) >= 11 is 0. The lowest BCUT2D eigenvalue weighted by Crippen LogP contribution is -1.94. The maximum absolute atomic E-state index is 12.7. The lowest BCUT2D eigenvalue weighted by atomic mass is 10.1. The molecule has 0 fully saturated rings. The molecule has 0 aliphatic carbocycles. The Morgan fingerprint density at radius 2 is 1.38 bits per heavy atom. The first-order valence-corrected chi connectivity index (χ1v) is 6.21. The Labute approximate surface area is 133 Å². The standard InChI is InChI=1S/C8H5F2NO.C8H3F2NO/c2*9-7-2-6(4-12)8(10)1-5(7)3-11/h1-2,12H,4H2;1-2,4H. The number of benzene rings is 2. The van der Waals surface area contributed by atoms with Crippen molar-refractivity contribution in [3.05, 3.63) is 69.8 Å². The number of hydrogen-bond acceptors (Lipinski definition) is 4. The van der Waals surface area contributed by atoms with Crippen molar-refractivity contribution in [1.82, 2.24) is 0 Å². The number of aliphatic hydroxyl groups excluding tert-OH is 1. The smallest absolute Gasteiger partial charge is 0.153 e. The van der Waals surface area contributed by atoms with E-state index in [0.717, 1.165) is 12.1 Å². The highest BCUT2D eigenvalue weighted by Crippen LogP contribution is 2.14. The van der Waals surface area contributed by atoms with Crippen LogP contribution >= 0.6 is 0 Å². The van der Waals surface area contributed by atoms with Gasteiger partial charge in [-0.05, 0) is 24.3 Å². The van der Waals surface area contributed by atoms with Crippen LogP contribution in [0.4, 0.5) is 17.6 Å². The van der Waals surface area contributed by atoms with Crippen molar-refractivity contribution < 1.29 is 27.5 Å². The van der Waals surface area contributed by atoms with Gasteiger partial charge < -0.3 is 5.11 Å². The number of nitrogens with zero attached hydrogens (tertiary/aromatic N) is 2. The average Bonchev–Trinajstić information content (AvgIpc) is 2.58. The molecule has 1 N–H and O–H groups in total. The zero-order chi connectivity index (χ0) is 18.3. The molecule has 0 unspecified atom stereocenters. The van der Waals surface area contributed by atoms with Gasteiger partial charge in [-0.15, -0.1) is 0 Å². The van der Waals surface area contributed by atoms with Crippen LogP contribution in [0.5, 0.6) is 0 Å². The third-order valence-corrected chi connectivity index (χ3v) is 2.76. The summed E-state index contributed by atoms with van der Waals surface area (Å²) in [7, 11) is 0. The van der Waals surface area contributed by atoms with E-state index in [9.17, 15) is 22.4 Å². The molecule has 0 aliphatic heterocycles. The first kappa shape index (κ1) is 18.8. The summed E-state index contributed by atoms with van der Waals surface area (Å²) < 4.78 is 50.8. The van der Waals surface area contributed by atoms with E-state index in [-0.39, 0.29) is 23.0 Å². The quantitative estimate of drug-likeness (QED) is 0.675. The number of carbonyl (C=O) groups excluding carboxylic acids is 1.